The second-order valence-corrected chi connectivity index (χ2v) is 3.71. The van der Waals surface area contributed by atoms with Crippen LogP contribution in [0.25, 0.3) is 6.08 Å². The zero-order chi connectivity index (χ0) is 13.7. The summed E-state index contributed by atoms with van der Waals surface area (Å²) in [6.07, 6.45) is 6.34. The minimum absolute atomic E-state index is 0.203. The quantitative estimate of drug-likeness (QED) is 0.660. The zero-order valence-electron chi connectivity index (χ0n) is 10.7. The first-order valence-electron chi connectivity index (χ1n) is 5.69. The maximum absolute atomic E-state index is 12.2. The molecule has 19 heavy (non-hydrogen) atoms. The number of carbonyl (C=O) groups excluding carboxylic acids is 1. The monoisotopic (exact) mass is 258 g/mol. The smallest absolute Gasteiger partial charge is 0.193 e. The highest BCUT2D eigenvalue weighted by molar-refractivity contribution is 6.10. The van der Waals surface area contributed by atoms with Crippen molar-refractivity contribution < 1.29 is 14.3 Å². The molecular formula is C14H14N2O3. The molecule has 0 bridgehead atoms. The summed E-state index contributed by atoms with van der Waals surface area (Å²) < 4.78 is 10.4. The highest BCUT2D eigenvalue weighted by Crippen LogP contribution is 2.28. The third-order valence-electron chi connectivity index (χ3n) is 2.59. The number of allylic oxidation sites excluding steroid dienone is 1. The van der Waals surface area contributed by atoms with Gasteiger partial charge in [-0.15, -0.1) is 0 Å². The van der Waals surface area contributed by atoms with E-state index in [1.54, 1.807) is 36.7 Å². The second kappa shape index (κ2) is 5.86. The summed E-state index contributed by atoms with van der Waals surface area (Å²) in [4.78, 5) is 19.1. The molecule has 0 amide bonds. The van der Waals surface area contributed by atoms with E-state index in [1.807, 2.05) is 0 Å². The molecule has 1 aromatic heterocycles. The molecule has 1 aromatic carbocycles. The molecule has 0 radical (unpaired) electrons. The number of H-pyrrole nitrogens is 1. The zero-order valence-corrected chi connectivity index (χ0v) is 10.7. The molecule has 0 saturated heterocycles. The molecule has 0 atom stereocenters. The number of benzene rings is 1. The van der Waals surface area contributed by atoms with Crippen molar-refractivity contribution in [3.8, 4) is 11.5 Å². The molecule has 0 aliphatic carbocycles. The van der Waals surface area contributed by atoms with E-state index >= 15 is 0 Å². The lowest BCUT2D eigenvalue weighted by molar-refractivity contribution is 0.104. The van der Waals surface area contributed by atoms with E-state index in [4.69, 9.17) is 9.47 Å². The molecule has 5 heteroatoms. The van der Waals surface area contributed by atoms with Crippen LogP contribution in [0.4, 0.5) is 0 Å². The van der Waals surface area contributed by atoms with E-state index < -0.39 is 0 Å². The average molecular weight is 258 g/mol. The van der Waals surface area contributed by atoms with Gasteiger partial charge in [0, 0.05) is 12.4 Å². The molecule has 0 spiro atoms. The van der Waals surface area contributed by atoms with Crippen LogP contribution < -0.4 is 9.47 Å². The second-order valence-electron chi connectivity index (χ2n) is 3.71. The summed E-state index contributed by atoms with van der Waals surface area (Å²) in [5.74, 6) is 1.37. The molecule has 5 nitrogen and oxygen atoms in total. The maximum Gasteiger partial charge on any atom is 0.193 e. The fraction of sp³-hybridized carbons (Fsp3) is 0.143. The number of hydrogen-bond acceptors (Lipinski definition) is 4. The van der Waals surface area contributed by atoms with Gasteiger partial charge >= 0.3 is 0 Å². The molecule has 1 N–H and O–H groups in total. The van der Waals surface area contributed by atoms with Gasteiger partial charge < -0.3 is 14.5 Å². The van der Waals surface area contributed by atoms with Crippen LogP contribution in [0.1, 0.15) is 16.2 Å². The van der Waals surface area contributed by atoms with Gasteiger partial charge in [0.25, 0.3) is 0 Å². The van der Waals surface area contributed by atoms with Crippen LogP contribution in [0.5, 0.6) is 11.5 Å². The fourth-order valence-electron chi connectivity index (χ4n) is 1.70. The summed E-state index contributed by atoms with van der Waals surface area (Å²) in [6.45, 7) is 0. The molecule has 0 aliphatic rings. The predicted octanol–water partition coefficient (Wildman–Crippen LogP) is 2.32. The van der Waals surface area contributed by atoms with Gasteiger partial charge in [0.05, 0.1) is 14.2 Å². The number of aromatic nitrogens is 2. The van der Waals surface area contributed by atoms with E-state index in [0.29, 0.717) is 22.9 Å². The number of carbonyl (C=O) groups is 1. The lowest BCUT2D eigenvalue weighted by Gasteiger charge is -2.10. The number of nitrogens with zero attached hydrogens (tertiary/aromatic N) is 1. The van der Waals surface area contributed by atoms with Crippen molar-refractivity contribution in [2.75, 3.05) is 14.2 Å². The van der Waals surface area contributed by atoms with Crippen molar-refractivity contribution in [1.82, 2.24) is 9.97 Å². The summed E-state index contributed by atoms with van der Waals surface area (Å²) in [7, 11) is 3.03. The average Bonchev–Trinajstić information content (AvgIpc) is 2.97. The topological polar surface area (TPSA) is 64.2 Å². The van der Waals surface area contributed by atoms with Gasteiger partial charge in [-0.1, -0.05) is 6.07 Å². The lowest BCUT2D eigenvalue weighted by atomic mass is 10.1. The Balaban J connectivity index is 2.32. The number of imidazole rings is 1. The van der Waals surface area contributed by atoms with Gasteiger partial charge in [-0.2, -0.15) is 0 Å². The standard InChI is InChI=1S/C14H14N2O3/c1-18-11-4-3-5-12(19-2)14(11)10(17)6-7-13-15-8-9-16-13/h3-9H,1-2H3,(H,15,16)/b7-6+. The predicted molar refractivity (Wildman–Crippen MR) is 71.5 cm³/mol. The lowest BCUT2D eigenvalue weighted by Crippen LogP contribution is -2.02. The minimum Gasteiger partial charge on any atom is -0.496 e. The largest absolute Gasteiger partial charge is 0.496 e. The highest BCUT2D eigenvalue weighted by Gasteiger charge is 2.15. The normalized spacial score (nSPS) is 10.6. The third kappa shape index (κ3) is 2.82. The summed E-state index contributed by atoms with van der Waals surface area (Å²) in [5, 5.41) is 0. The first-order valence-corrected chi connectivity index (χ1v) is 5.69. The van der Waals surface area contributed by atoms with Crippen LogP contribution in [-0.2, 0) is 0 Å². The van der Waals surface area contributed by atoms with Gasteiger partial charge in [-0.05, 0) is 24.3 Å². The van der Waals surface area contributed by atoms with Crippen LogP contribution in [0.3, 0.4) is 0 Å². The molecule has 0 unspecified atom stereocenters. The van der Waals surface area contributed by atoms with Gasteiger partial charge in [0.1, 0.15) is 22.9 Å². The molecule has 2 rings (SSSR count). The van der Waals surface area contributed by atoms with Crippen molar-refractivity contribution in [2.24, 2.45) is 0 Å². The Hall–Kier alpha value is -2.56. The Morgan fingerprint density at radius 2 is 1.95 bits per heavy atom. The van der Waals surface area contributed by atoms with Gasteiger partial charge in [0.15, 0.2) is 5.78 Å². The molecule has 0 saturated carbocycles. The number of ketones is 1. The SMILES string of the molecule is COc1cccc(OC)c1C(=O)/C=C/c1ncc[nH]1. The Labute approximate surface area is 110 Å². The van der Waals surface area contributed by atoms with Crippen LogP contribution in [0.2, 0.25) is 0 Å². The number of aromatic amines is 1. The third-order valence-corrected chi connectivity index (χ3v) is 2.59. The first-order chi connectivity index (χ1) is 9.26. The van der Waals surface area contributed by atoms with Crippen LogP contribution >= 0.6 is 0 Å². The Bertz CT molecular complexity index is 566. The summed E-state index contributed by atoms with van der Waals surface area (Å²) >= 11 is 0. The van der Waals surface area contributed by atoms with Crippen LogP contribution in [0, 0.1) is 0 Å². The molecule has 98 valence electrons. The van der Waals surface area contributed by atoms with Crippen molar-refractivity contribution in [1.29, 1.82) is 0 Å². The van der Waals surface area contributed by atoms with Gasteiger partial charge in [-0.25, -0.2) is 4.98 Å². The molecule has 0 aliphatic heterocycles. The molecule has 1 heterocycles. The fourth-order valence-corrected chi connectivity index (χ4v) is 1.70. The van der Waals surface area contributed by atoms with Gasteiger partial charge in [-0.3, -0.25) is 4.79 Å². The van der Waals surface area contributed by atoms with Crippen molar-refractivity contribution in [3.63, 3.8) is 0 Å². The Morgan fingerprint density at radius 1 is 1.26 bits per heavy atom. The highest BCUT2D eigenvalue weighted by atomic mass is 16.5. The minimum atomic E-state index is -0.203. The van der Waals surface area contributed by atoms with E-state index in [1.165, 1.54) is 20.3 Å². The summed E-state index contributed by atoms with van der Waals surface area (Å²) in [6, 6.07) is 5.21. The summed E-state index contributed by atoms with van der Waals surface area (Å²) in [5.41, 5.74) is 0.398. The number of hydrogen-bond donors (Lipinski definition) is 1. The van der Waals surface area contributed by atoms with Crippen molar-refractivity contribution in [3.05, 3.63) is 48.1 Å². The van der Waals surface area contributed by atoms with Crippen LogP contribution in [-0.4, -0.2) is 30.0 Å². The molecular weight excluding hydrogens is 244 g/mol. The van der Waals surface area contributed by atoms with E-state index in [9.17, 15) is 4.79 Å². The van der Waals surface area contributed by atoms with E-state index in [0.717, 1.165) is 0 Å². The molecule has 0 fully saturated rings. The maximum atomic E-state index is 12.2. The number of ether oxygens (including phenoxy) is 2. The van der Waals surface area contributed by atoms with Crippen molar-refractivity contribution in [2.45, 2.75) is 0 Å². The number of nitrogens with one attached hydrogen (secondary N) is 1. The van der Waals surface area contributed by atoms with E-state index in [-0.39, 0.29) is 5.78 Å². The van der Waals surface area contributed by atoms with Gasteiger partial charge in [0.2, 0.25) is 0 Å². The van der Waals surface area contributed by atoms with Crippen LogP contribution in [0.15, 0.2) is 36.7 Å². The molecule has 2 aromatic rings. The Morgan fingerprint density at radius 3 is 2.47 bits per heavy atom. The first kappa shape index (κ1) is 12.9. The number of methoxy groups -OCH3 is 2. The van der Waals surface area contributed by atoms with Crippen molar-refractivity contribution >= 4 is 11.9 Å². The number of rotatable bonds is 5. The van der Waals surface area contributed by atoms with E-state index in [2.05, 4.69) is 9.97 Å². The Kier molecular flexibility index (Phi) is 3.97.